The largest absolute Gasteiger partial charge is 0.346 e. The van der Waals surface area contributed by atoms with Crippen LogP contribution in [-0.2, 0) is 4.74 Å². The van der Waals surface area contributed by atoms with Gasteiger partial charge in [0.2, 0.25) is 0 Å². The van der Waals surface area contributed by atoms with Crippen molar-refractivity contribution in [2.45, 2.75) is 47.5 Å². The molecule has 2 atom stereocenters. The lowest BCUT2D eigenvalue weighted by atomic mass is 10.0. The molecule has 0 aromatic heterocycles. The topological polar surface area (TPSA) is 9.23 Å². The fourth-order valence-corrected chi connectivity index (χ4v) is 3.73. The first-order valence-electron chi connectivity index (χ1n) is 4.20. The fourth-order valence-electron chi connectivity index (χ4n) is 1.93. The van der Waals surface area contributed by atoms with Gasteiger partial charge in [-0.3, -0.25) is 0 Å². The number of hydrogen-bond donors (Lipinski definition) is 0. The molecule has 1 nitrogen and oxygen atoms in total. The third-order valence-electron chi connectivity index (χ3n) is 2.59. The van der Waals surface area contributed by atoms with E-state index in [0.29, 0.717) is 0 Å². The van der Waals surface area contributed by atoms with Gasteiger partial charge >= 0.3 is 0 Å². The highest BCUT2D eigenvalue weighted by molar-refractivity contribution is 9.10. The van der Waals surface area contributed by atoms with E-state index in [1.807, 2.05) is 0 Å². The van der Waals surface area contributed by atoms with Crippen molar-refractivity contribution in [2.75, 3.05) is 0 Å². The van der Waals surface area contributed by atoms with Gasteiger partial charge in [-0.1, -0.05) is 31.9 Å². The summed E-state index contributed by atoms with van der Waals surface area (Å²) < 4.78 is 5.94. The summed E-state index contributed by atoms with van der Waals surface area (Å²) in [6.07, 6.45) is 7.22. The van der Waals surface area contributed by atoms with Gasteiger partial charge in [0, 0.05) is 0 Å². The normalized spacial score (nSPS) is 50.7. The quantitative estimate of drug-likeness (QED) is 0.618. The highest BCUT2D eigenvalue weighted by Gasteiger charge is 2.47. The molecule has 0 radical (unpaired) electrons. The average Bonchev–Trinajstić information content (AvgIpc) is 2.11. The Bertz CT molecular complexity index is 147. The van der Waals surface area contributed by atoms with E-state index >= 15 is 0 Å². The zero-order chi connectivity index (χ0) is 7.95. The highest BCUT2D eigenvalue weighted by Crippen LogP contribution is 2.52. The van der Waals surface area contributed by atoms with Crippen molar-refractivity contribution in [2.24, 2.45) is 0 Å². The van der Waals surface area contributed by atoms with Crippen molar-refractivity contribution in [1.82, 2.24) is 0 Å². The van der Waals surface area contributed by atoms with Crippen molar-refractivity contribution in [3.8, 4) is 0 Å². The van der Waals surface area contributed by atoms with Gasteiger partial charge in [-0.05, 0) is 38.5 Å². The van der Waals surface area contributed by atoms with E-state index in [0.717, 1.165) is 12.8 Å². The first-order chi connectivity index (χ1) is 5.12. The Morgan fingerprint density at radius 2 is 1.27 bits per heavy atom. The number of rotatable bonds is 0. The second kappa shape index (κ2) is 2.71. The summed E-state index contributed by atoms with van der Waals surface area (Å²) in [4.78, 5) is 0. The molecule has 2 aliphatic heterocycles. The van der Waals surface area contributed by atoms with Crippen LogP contribution in [0.2, 0.25) is 0 Å². The molecule has 0 N–H and O–H groups in total. The van der Waals surface area contributed by atoms with Crippen LogP contribution < -0.4 is 0 Å². The average molecular weight is 284 g/mol. The van der Waals surface area contributed by atoms with E-state index in [4.69, 9.17) is 4.74 Å². The second-order valence-electron chi connectivity index (χ2n) is 3.58. The zero-order valence-corrected chi connectivity index (χ0v) is 9.58. The Morgan fingerprint density at radius 1 is 0.818 bits per heavy atom. The molecule has 0 saturated carbocycles. The molecule has 11 heavy (non-hydrogen) atoms. The monoisotopic (exact) mass is 282 g/mol. The summed E-state index contributed by atoms with van der Waals surface area (Å²) in [5, 5.41) is 0. The summed E-state index contributed by atoms with van der Waals surface area (Å²) in [5.41, 5.74) is 0. The van der Waals surface area contributed by atoms with Gasteiger partial charge in [0.1, 0.15) is 9.02 Å². The van der Waals surface area contributed by atoms with Gasteiger partial charge in [0.05, 0.1) is 0 Å². The maximum Gasteiger partial charge on any atom is 0.124 e. The van der Waals surface area contributed by atoms with Crippen molar-refractivity contribution < 1.29 is 4.74 Å². The SMILES string of the molecule is BrC12CCCCC(Br)(CC1)O2. The van der Waals surface area contributed by atoms with Crippen molar-refractivity contribution in [1.29, 1.82) is 0 Å². The zero-order valence-electron chi connectivity index (χ0n) is 6.41. The standard InChI is InChI=1S/C8H12Br2O/c9-7-3-1-2-4-8(10,11-7)6-5-7/h1-6H2. The predicted octanol–water partition coefficient (Wildman–Crippen LogP) is 3.55. The van der Waals surface area contributed by atoms with E-state index in [-0.39, 0.29) is 9.02 Å². The third-order valence-corrected chi connectivity index (χ3v) is 4.50. The molecule has 2 heterocycles. The molecule has 2 unspecified atom stereocenters. The second-order valence-corrected chi connectivity index (χ2v) is 6.47. The van der Waals surface area contributed by atoms with Gasteiger partial charge in [-0.15, -0.1) is 0 Å². The molecule has 2 rings (SSSR count). The van der Waals surface area contributed by atoms with Gasteiger partial charge in [0.15, 0.2) is 0 Å². The van der Waals surface area contributed by atoms with E-state index < -0.39 is 0 Å². The lowest BCUT2D eigenvalue weighted by Crippen LogP contribution is -2.23. The van der Waals surface area contributed by atoms with Gasteiger partial charge in [-0.25, -0.2) is 0 Å². The number of fused-ring (bicyclic) bond motifs is 2. The molecular formula is C8H12Br2O. The molecule has 0 aromatic carbocycles. The minimum Gasteiger partial charge on any atom is -0.346 e. The van der Waals surface area contributed by atoms with Gasteiger partial charge in [-0.2, -0.15) is 0 Å². The fraction of sp³-hybridized carbons (Fsp3) is 1.00. The Balaban J connectivity index is 2.18. The van der Waals surface area contributed by atoms with Crippen LogP contribution in [0.15, 0.2) is 0 Å². The first-order valence-corrected chi connectivity index (χ1v) is 5.79. The molecular weight excluding hydrogens is 272 g/mol. The van der Waals surface area contributed by atoms with Crippen LogP contribution in [0.3, 0.4) is 0 Å². The molecule has 3 heteroatoms. The van der Waals surface area contributed by atoms with Crippen molar-refractivity contribution in [3.05, 3.63) is 0 Å². The lowest BCUT2D eigenvalue weighted by Gasteiger charge is -2.23. The molecule has 0 amide bonds. The number of alkyl halides is 2. The van der Waals surface area contributed by atoms with E-state index in [1.54, 1.807) is 0 Å². The van der Waals surface area contributed by atoms with Crippen LogP contribution in [0, 0.1) is 0 Å². The molecule has 64 valence electrons. The minimum atomic E-state index is 0.00694. The summed E-state index contributed by atoms with van der Waals surface area (Å²) in [7, 11) is 0. The van der Waals surface area contributed by atoms with E-state index in [2.05, 4.69) is 31.9 Å². The maximum atomic E-state index is 5.93. The van der Waals surface area contributed by atoms with Crippen LogP contribution in [0.4, 0.5) is 0 Å². The van der Waals surface area contributed by atoms with Crippen LogP contribution in [-0.4, -0.2) is 9.02 Å². The molecule has 0 aromatic rings. The molecule has 2 fully saturated rings. The minimum absolute atomic E-state index is 0.00694. The molecule has 2 aliphatic rings. The molecule has 0 aliphatic carbocycles. The molecule has 0 spiro atoms. The highest BCUT2D eigenvalue weighted by atomic mass is 79.9. The van der Waals surface area contributed by atoms with Crippen LogP contribution in [0.1, 0.15) is 38.5 Å². The predicted molar refractivity (Wildman–Crippen MR) is 52.1 cm³/mol. The Kier molecular flexibility index (Phi) is 2.10. The Labute approximate surface area is 84.1 Å². The maximum absolute atomic E-state index is 5.93. The summed E-state index contributed by atoms with van der Waals surface area (Å²) >= 11 is 7.34. The summed E-state index contributed by atoms with van der Waals surface area (Å²) in [6, 6.07) is 0. The number of hydrogen-bond acceptors (Lipinski definition) is 1. The van der Waals surface area contributed by atoms with Crippen molar-refractivity contribution in [3.63, 3.8) is 0 Å². The third kappa shape index (κ3) is 1.65. The van der Waals surface area contributed by atoms with E-state index in [1.165, 1.54) is 25.7 Å². The Morgan fingerprint density at radius 3 is 1.73 bits per heavy atom. The smallest absolute Gasteiger partial charge is 0.124 e. The summed E-state index contributed by atoms with van der Waals surface area (Å²) in [6.45, 7) is 0. The first kappa shape index (κ1) is 8.52. The number of ether oxygens (including phenoxy) is 1. The van der Waals surface area contributed by atoms with E-state index in [9.17, 15) is 0 Å². The lowest BCUT2D eigenvalue weighted by molar-refractivity contribution is 0.0140. The van der Waals surface area contributed by atoms with Crippen LogP contribution >= 0.6 is 31.9 Å². The van der Waals surface area contributed by atoms with Gasteiger partial charge in [0.25, 0.3) is 0 Å². The van der Waals surface area contributed by atoms with Crippen LogP contribution in [0.5, 0.6) is 0 Å². The number of halogens is 2. The molecule has 2 saturated heterocycles. The molecule has 2 bridgehead atoms. The Hall–Kier alpha value is 0.920. The van der Waals surface area contributed by atoms with Gasteiger partial charge < -0.3 is 4.74 Å². The summed E-state index contributed by atoms with van der Waals surface area (Å²) in [5.74, 6) is 0. The van der Waals surface area contributed by atoms with Crippen LogP contribution in [0.25, 0.3) is 0 Å². The van der Waals surface area contributed by atoms with Crippen molar-refractivity contribution >= 4 is 31.9 Å².